The van der Waals surface area contributed by atoms with Crippen LogP contribution in [-0.4, -0.2) is 17.8 Å². The average molecular weight is 678 g/mol. The SMILES string of the molecule is Cc1ccc(COc2c(I)cc(/C=C3\C(=O)NC(=O)N(c4ccc(C)cc4)C3=O)cc2I)cc1. The molecule has 3 aromatic carbocycles. The lowest BCUT2D eigenvalue weighted by molar-refractivity contribution is -0.122. The van der Waals surface area contributed by atoms with Crippen molar-refractivity contribution in [2.75, 3.05) is 4.90 Å². The molecule has 4 amide bonds. The zero-order valence-corrected chi connectivity index (χ0v) is 22.7. The van der Waals surface area contributed by atoms with Crippen molar-refractivity contribution < 1.29 is 19.1 Å². The number of urea groups is 1. The zero-order chi connectivity index (χ0) is 24.4. The maximum absolute atomic E-state index is 13.1. The number of barbiturate groups is 1. The van der Waals surface area contributed by atoms with Crippen LogP contribution in [0.5, 0.6) is 5.75 Å². The van der Waals surface area contributed by atoms with Crippen molar-refractivity contribution in [3.05, 3.63) is 95.6 Å². The number of hydrogen-bond donors (Lipinski definition) is 1. The second-order valence-corrected chi connectivity index (χ2v) is 10.2. The summed E-state index contributed by atoms with van der Waals surface area (Å²) in [5.41, 5.74) is 4.20. The largest absolute Gasteiger partial charge is 0.487 e. The van der Waals surface area contributed by atoms with Crippen LogP contribution in [0.1, 0.15) is 22.3 Å². The van der Waals surface area contributed by atoms with E-state index in [1.54, 1.807) is 24.3 Å². The summed E-state index contributed by atoms with van der Waals surface area (Å²) in [6, 6.07) is 18.0. The maximum Gasteiger partial charge on any atom is 0.335 e. The fourth-order valence-corrected chi connectivity index (χ4v) is 5.52. The van der Waals surface area contributed by atoms with Gasteiger partial charge in [0.15, 0.2) is 0 Å². The molecule has 1 N–H and O–H groups in total. The van der Waals surface area contributed by atoms with Crippen LogP contribution in [0.25, 0.3) is 6.08 Å². The predicted molar refractivity (Wildman–Crippen MR) is 148 cm³/mol. The van der Waals surface area contributed by atoms with Gasteiger partial charge in [0.05, 0.1) is 12.8 Å². The molecule has 3 aromatic rings. The molecule has 1 fully saturated rings. The fraction of sp³-hybridized carbons (Fsp3) is 0.115. The molecule has 1 saturated heterocycles. The first-order valence-corrected chi connectivity index (χ1v) is 12.5. The van der Waals surface area contributed by atoms with E-state index in [1.165, 1.54) is 11.6 Å². The molecule has 172 valence electrons. The second-order valence-electron chi connectivity index (χ2n) is 7.88. The maximum atomic E-state index is 13.1. The summed E-state index contributed by atoms with van der Waals surface area (Å²) in [5.74, 6) is -0.648. The molecular weight excluding hydrogens is 658 g/mol. The number of nitrogens with one attached hydrogen (secondary N) is 1. The Morgan fingerprint density at radius 1 is 0.882 bits per heavy atom. The van der Waals surface area contributed by atoms with Crippen LogP contribution in [0.3, 0.4) is 0 Å². The molecule has 0 aliphatic carbocycles. The molecule has 34 heavy (non-hydrogen) atoms. The summed E-state index contributed by atoms with van der Waals surface area (Å²) >= 11 is 4.35. The highest BCUT2D eigenvalue weighted by atomic mass is 127. The summed E-state index contributed by atoms with van der Waals surface area (Å²) in [6.07, 6.45) is 1.50. The van der Waals surface area contributed by atoms with Gasteiger partial charge in [-0.25, -0.2) is 9.69 Å². The molecule has 0 radical (unpaired) electrons. The highest BCUT2D eigenvalue weighted by Gasteiger charge is 2.36. The van der Waals surface area contributed by atoms with Gasteiger partial charge in [-0.05, 0) is 100 Å². The Bertz CT molecular complexity index is 1290. The first-order chi connectivity index (χ1) is 16.2. The highest BCUT2D eigenvalue weighted by Crippen LogP contribution is 2.31. The molecule has 6 nitrogen and oxygen atoms in total. The summed E-state index contributed by atoms with van der Waals surface area (Å²) in [7, 11) is 0. The second kappa shape index (κ2) is 10.3. The number of ether oxygens (including phenoxy) is 1. The van der Waals surface area contributed by atoms with E-state index in [-0.39, 0.29) is 5.57 Å². The number of imide groups is 2. The molecule has 0 saturated carbocycles. The Kier molecular flexibility index (Phi) is 7.36. The minimum Gasteiger partial charge on any atom is -0.487 e. The molecule has 1 aliphatic rings. The normalized spacial score (nSPS) is 15.0. The van der Waals surface area contributed by atoms with Crippen LogP contribution in [0.4, 0.5) is 10.5 Å². The van der Waals surface area contributed by atoms with Crippen molar-refractivity contribution in [2.45, 2.75) is 20.5 Å². The number of halogens is 2. The Morgan fingerprint density at radius 3 is 2.03 bits per heavy atom. The first kappa shape index (κ1) is 24.4. The number of amides is 4. The van der Waals surface area contributed by atoms with Crippen LogP contribution in [0.15, 0.2) is 66.2 Å². The van der Waals surface area contributed by atoms with E-state index in [1.807, 2.05) is 50.2 Å². The van der Waals surface area contributed by atoms with Gasteiger partial charge < -0.3 is 4.74 Å². The van der Waals surface area contributed by atoms with E-state index in [9.17, 15) is 14.4 Å². The molecule has 0 bridgehead atoms. The smallest absolute Gasteiger partial charge is 0.335 e. The number of benzene rings is 3. The van der Waals surface area contributed by atoms with Gasteiger partial charge in [-0.2, -0.15) is 0 Å². The van der Waals surface area contributed by atoms with E-state index in [4.69, 9.17) is 4.74 Å². The van der Waals surface area contributed by atoms with Crippen molar-refractivity contribution in [1.82, 2.24) is 5.32 Å². The number of anilines is 1. The molecule has 0 spiro atoms. The molecule has 0 atom stereocenters. The van der Waals surface area contributed by atoms with Crippen LogP contribution < -0.4 is 15.0 Å². The van der Waals surface area contributed by atoms with Gasteiger partial charge in [-0.1, -0.05) is 47.5 Å². The van der Waals surface area contributed by atoms with Crippen molar-refractivity contribution in [3.63, 3.8) is 0 Å². The number of carbonyl (C=O) groups excluding carboxylic acids is 3. The van der Waals surface area contributed by atoms with Gasteiger partial charge in [0, 0.05) is 0 Å². The van der Waals surface area contributed by atoms with Gasteiger partial charge in [0.2, 0.25) is 0 Å². The predicted octanol–water partition coefficient (Wildman–Crippen LogP) is 5.76. The highest BCUT2D eigenvalue weighted by molar-refractivity contribution is 14.1. The van der Waals surface area contributed by atoms with E-state index in [0.717, 1.165) is 28.9 Å². The first-order valence-electron chi connectivity index (χ1n) is 10.4. The van der Waals surface area contributed by atoms with Crippen LogP contribution in [-0.2, 0) is 16.2 Å². The summed E-state index contributed by atoms with van der Waals surface area (Å²) in [4.78, 5) is 39.0. The van der Waals surface area contributed by atoms with E-state index < -0.39 is 17.8 Å². The van der Waals surface area contributed by atoms with Gasteiger partial charge >= 0.3 is 6.03 Å². The minimum absolute atomic E-state index is 0.111. The molecule has 1 aliphatic heterocycles. The number of aryl methyl sites for hydroxylation is 2. The zero-order valence-electron chi connectivity index (χ0n) is 18.4. The number of hydrogen-bond acceptors (Lipinski definition) is 4. The van der Waals surface area contributed by atoms with Crippen LogP contribution in [0, 0.1) is 21.0 Å². The average Bonchev–Trinajstić information content (AvgIpc) is 2.78. The molecule has 4 rings (SSSR count). The lowest BCUT2D eigenvalue weighted by Gasteiger charge is -2.26. The molecule has 0 unspecified atom stereocenters. The Balaban J connectivity index is 1.60. The third-order valence-corrected chi connectivity index (χ3v) is 6.83. The van der Waals surface area contributed by atoms with Gasteiger partial charge in [0.25, 0.3) is 11.8 Å². The third kappa shape index (κ3) is 5.33. The Morgan fingerprint density at radius 2 is 1.44 bits per heavy atom. The van der Waals surface area contributed by atoms with E-state index >= 15 is 0 Å². The standard InChI is InChI=1S/C26H20I2N2O4/c1-15-3-7-17(8-4-15)14-34-23-21(27)12-18(13-22(23)28)11-20-24(31)29-26(33)30(25(20)32)19-9-5-16(2)6-10-19/h3-13H,14H2,1-2H3,(H,29,31,33)/b20-11+. The topological polar surface area (TPSA) is 75.7 Å². The van der Waals surface area contributed by atoms with Crippen molar-refractivity contribution in [1.29, 1.82) is 0 Å². The number of nitrogens with zero attached hydrogens (tertiary/aromatic N) is 1. The van der Waals surface area contributed by atoms with Gasteiger partial charge in [-0.15, -0.1) is 0 Å². The summed E-state index contributed by atoms with van der Waals surface area (Å²) in [5, 5.41) is 2.26. The van der Waals surface area contributed by atoms with E-state index in [0.29, 0.717) is 17.9 Å². The van der Waals surface area contributed by atoms with Crippen LogP contribution in [0.2, 0.25) is 0 Å². The van der Waals surface area contributed by atoms with Gasteiger partial charge in [-0.3, -0.25) is 14.9 Å². The molecule has 0 aromatic heterocycles. The van der Waals surface area contributed by atoms with Gasteiger partial charge in [0.1, 0.15) is 17.9 Å². The van der Waals surface area contributed by atoms with Crippen LogP contribution >= 0.6 is 45.2 Å². The molecule has 8 heteroatoms. The molecular formula is C26H20I2N2O4. The number of rotatable bonds is 5. The minimum atomic E-state index is -0.764. The fourth-order valence-electron chi connectivity index (χ4n) is 3.39. The monoisotopic (exact) mass is 678 g/mol. The Labute approximate surface area is 224 Å². The van der Waals surface area contributed by atoms with Crippen molar-refractivity contribution in [2.24, 2.45) is 0 Å². The van der Waals surface area contributed by atoms with Crippen molar-refractivity contribution in [3.8, 4) is 5.75 Å². The lowest BCUT2D eigenvalue weighted by Crippen LogP contribution is -2.54. The summed E-state index contributed by atoms with van der Waals surface area (Å²) < 4.78 is 7.74. The quantitative estimate of drug-likeness (QED) is 0.212. The summed E-state index contributed by atoms with van der Waals surface area (Å²) in [6.45, 7) is 4.38. The third-order valence-electron chi connectivity index (χ3n) is 5.23. The Hall–Kier alpha value is -2.73. The lowest BCUT2D eigenvalue weighted by atomic mass is 10.1. The van der Waals surface area contributed by atoms with Crippen molar-refractivity contribution >= 4 is 74.8 Å². The van der Waals surface area contributed by atoms with E-state index in [2.05, 4.69) is 50.5 Å². The molecule has 1 heterocycles. The number of carbonyl (C=O) groups is 3.